The standard InChI is InChI=1S/C15H18FN3O3/c16-11-1-3-12(4-2-11)18-6-5-10(9-18)8-17-15(20)13-7-14(13)19(21)22/h1-4,10,13-14H,5-9H2,(H,17,20)/t10-,13-,14-/m0/s1. The number of nitro groups is 1. The van der Waals surface area contributed by atoms with Crippen molar-refractivity contribution in [3.63, 3.8) is 0 Å². The first-order chi connectivity index (χ1) is 10.5. The summed E-state index contributed by atoms with van der Waals surface area (Å²) >= 11 is 0. The minimum atomic E-state index is -0.695. The van der Waals surface area contributed by atoms with Gasteiger partial charge in [0, 0.05) is 36.7 Å². The molecule has 6 nitrogen and oxygen atoms in total. The topological polar surface area (TPSA) is 75.5 Å². The van der Waals surface area contributed by atoms with E-state index >= 15 is 0 Å². The zero-order valence-electron chi connectivity index (χ0n) is 12.1. The second kappa shape index (κ2) is 5.90. The Bertz CT molecular complexity index is 578. The van der Waals surface area contributed by atoms with Crippen LogP contribution in [0.2, 0.25) is 0 Å². The van der Waals surface area contributed by atoms with Gasteiger partial charge in [0.1, 0.15) is 11.7 Å². The van der Waals surface area contributed by atoms with Crippen LogP contribution >= 0.6 is 0 Å². The van der Waals surface area contributed by atoms with Crippen LogP contribution in [0.5, 0.6) is 0 Å². The average molecular weight is 307 g/mol. The number of carbonyl (C=O) groups is 1. The fourth-order valence-electron chi connectivity index (χ4n) is 2.96. The first-order valence-electron chi connectivity index (χ1n) is 7.46. The Morgan fingerprint density at radius 1 is 1.41 bits per heavy atom. The fraction of sp³-hybridized carbons (Fsp3) is 0.533. The Labute approximate surface area is 127 Å². The van der Waals surface area contributed by atoms with Gasteiger partial charge in [-0.2, -0.15) is 0 Å². The molecule has 22 heavy (non-hydrogen) atoms. The van der Waals surface area contributed by atoms with E-state index in [0.29, 0.717) is 18.9 Å². The lowest BCUT2D eigenvalue weighted by Crippen LogP contribution is -2.33. The molecule has 0 radical (unpaired) electrons. The molecule has 1 aliphatic heterocycles. The number of anilines is 1. The van der Waals surface area contributed by atoms with Crippen molar-refractivity contribution < 1.29 is 14.1 Å². The maximum atomic E-state index is 12.9. The zero-order valence-corrected chi connectivity index (χ0v) is 12.1. The van der Waals surface area contributed by atoms with Gasteiger partial charge in [-0.1, -0.05) is 0 Å². The predicted octanol–water partition coefficient (Wildman–Crippen LogP) is 1.43. The maximum Gasteiger partial charge on any atom is 0.230 e. The zero-order chi connectivity index (χ0) is 15.7. The van der Waals surface area contributed by atoms with E-state index in [9.17, 15) is 19.3 Å². The number of nitrogens with one attached hydrogen (secondary N) is 1. The van der Waals surface area contributed by atoms with Crippen LogP contribution in [0.4, 0.5) is 10.1 Å². The summed E-state index contributed by atoms with van der Waals surface area (Å²) in [5.74, 6) is -0.593. The predicted molar refractivity (Wildman–Crippen MR) is 78.6 cm³/mol. The third-order valence-electron chi connectivity index (χ3n) is 4.41. The van der Waals surface area contributed by atoms with Gasteiger partial charge >= 0.3 is 0 Å². The van der Waals surface area contributed by atoms with E-state index < -0.39 is 12.0 Å². The molecule has 1 N–H and O–H groups in total. The highest BCUT2D eigenvalue weighted by atomic mass is 19.1. The Morgan fingerprint density at radius 2 is 2.14 bits per heavy atom. The number of nitrogens with zero attached hydrogens (tertiary/aromatic N) is 2. The molecule has 1 aromatic rings. The number of rotatable bonds is 5. The van der Waals surface area contributed by atoms with Crippen molar-refractivity contribution in [1.82, 2.24) is 5.32 Å². The fourth-order valence-corrected chi connectivity index (χ4v) is 2.96. The molecule has 3 rings (SSSR count). The average Bonchev–Trinajstić information content (AvgIpc) is 3.18. The third kappa shape index (κ3) is 3.18. The number of amides is 1. The lowest BCUT2D eigenvalue weighted by Gasteiger charge is -2.18. The number of carbonyl (C=O) groups excluding carboxylic acids is 1. The molecule has 0 bridgehead atoms. The second-order valence-electron chi connectivity index (χ2n) is 6.02. The molecule has 0 spiro atoms. The summed E-state index contributed by atoms with van der Waals surface area (Å²) < 4.78 is 12.9. The van der Waals surface area contributed by atoms with Crippen molar-refractivity contribution >= 4 is 11.6 Å². The van der Waals surface area contributed by atoms with Crippen molar-refractivity contribution in [2.45, 2.75) is 18.9 Å². The van der Waals surface area contributed by atoms with Crippen molar-refractivity contribution in [3.8, 4) is 0 Å². The van der Waals surface area contributed by atoms with Gasteiger partial charge in [-0.25, -0.2) is 4.39 Å². The van der Waals surface area contributed by atoms with Gasteiger partial charge in [0.25, 0.3) is 0 Å². The van der Waals surface area contributed by atoms with Gasteiger partial charge < -0.3 is 10.2 Å². The Morgan fingerprint density at radius 3 is 2.77 bits per heavy atom. The van der Waals surface area contributed by atoms with E-state index in [0.717, 1.165) is 25.2 Å². The summed E-state index contributed by atoms with van der Waals surface area (Å²) in [6.45, 7) is 2.21. The Kier molecular flexibility index (Phi) is 3.96. The molecule has 0 aromatic heterocycles. The van der Waals surface area contributed by atoms with Crippen LogP contribution in [0.25, 0.3) is 0 Å². The van der Waals surface area contributed by atoms with E-state index in [1.165, 1.54) is 12.1 Å². The monoisotopic (exact) mass is 307 g/mol. The van der Waals surface area contributed by atoms with Crippen LogP contribution in [-0.2, 0) is 4.79 Å². The maximum absolute atomic E-state index is 12.9. The van der Waals surface area contributed by atoms with Gasteiger partial charge in [0.2, 0.25) is 11.9 Å². The van der Waals surface area contributed by atoms with Crippen LogP contribution in [0.15, 0.2) is 24.3 Å². The molecule has 2 aliphatic rings. The van der Waals surface area contributed by atoms with E-state index in [2.05, 4.69) is 10.2 Å². The minimum absolute atomic E-state index is 0.207. The summed E-state index contributed by atoms with van der Waals surface area (Å²) in [6, 6.07) is 5.69. The molecule has 1 heterocycles. The van der Waals surface area contributed by atoms with Crippen molar-refractivity contribution in [2.75, 3.05) is 24.5 Å². The summed E-state index contributed by atoms with van der Waals surface area (Å²) in [7, 11) is 0. The van der Waals surface area contributed by atoms with E-state index in [1.807, 2.05) is 0 Å². The largest absolute Gasteiger partial charge is 0.371 e. The molecule has 0 unspecified atom stereocenters. The van der Waals surface area contributed by atoms with Gasteiger partial charge in [0.15, 0.2) is 0 Å². The molecule has 3 atom stereocenters. The number of hydrogen-bond donors (Lipinski definition) is 1. The quantitative estimate of drug-likeness (QED) is 0.659. The van der Waals surface area contributed by atoms with Crippen molar-refractivity contribution in [3.05, 3.63) is 40.2 Å². The molecule has 1 saturated carbocycles. The molecule has 2 fully saturated rings. The summed E-state index contributed by atoms with van der Waals surface area (Å²) in [6.07, 6.45) is 1.30. The van der Waals surface area contributed by atoms with Gasteiger partial charge in [-0.05, 0) is 36.6 Å². The normalized spacial score (nSPS) is 26.8. The lowest BCUT2D eigenvalue weighted by atomic mass is 10.1. The Hall–Kier alpha value is -2.18. The molecular weight excluding hydrogens is 289 g/mol. The van der Waals surface area contributed by atoms with E-state index in [-0.39, 0.29) is 16.6 Å². The molecule has 1 saturated heterocycles. The van der Waals surface area contributed by atoms with E-state index in [1.54, 1.807) is 12.1 Å². The van der Waals surface area contributed by atoms with Gasteiger partial charge in [-0.3, -0.25) is 14.9 Å². The highest BCUT2D eigenvalue weighted by Crippen LogP contribution is 2.33. The van der Waals surface area contributed by atoms with Crippen LogP contribution < -0.4 is 10.2 Å². The van der Waals surface area contributed by atoms with Crippen molar-refractivity contribution in [2.24, 2.45) is 11.8 Å². The van der Waals surface area contributed by atoms with Gasteiger partial charge in [0.05, 0.1) is 0 Å². The lowest BCUT2D eigenvalue weighted by molar-refractivity contribution is -0.497. The number of benzene rings is 1. The molecule has 1 aromatic carbocycles. The molecule has 118 valence electrons. The van der Waals surface area contributed by atoms with Crippen LogP contribution in [0, 0.1) is 27.8 Å². The number of hydrogen-bond acceptors (Lipinski definition) is 4. The summed E-state index contributed by atoms with van der Waals surface area (Å²) in [5, 5.41) is 13.4. The third-order valence-corrected chi connectivity index (χ3v) is 4.41. The molecular formula is C15H18FN3O3. The summed E-state index contributed by atoms with van der Waals surface area (Å²) in [5.41, 5.74) is 0.978. The Balaban J connectivity index is 1.44. The molecule has 7 heteroatoms. The SMILES string of the molecule is O=C(NC[C@@H]1CCN(c2ccc(F)cc2)C1)[C@H]1C[C@@H]1[N+](=O)[O-]. The molecule has 1 aliphatic carbocycles. The highest BCUT2D eigenvalue weighted by molar-refractivity contribution is 5.81. The first kappa shape index (κ1) is 14.7. The van der Waals surface area contributed by atoms with Crippen molar-refractivity contribution in [1.29, 1.82) is 0 Å². The summed E-state index contributed by atoms with van der Waals surface area (Å²) in [4.78, 5) is 24.1. The number of halogens is 1. The molecule has 1 amide bonds. The van der Waals surface area contributed by atoms with E-state index in [4.69, 9.17) is 0 Å². The van der Waals surface area contributed by atoms with Crippen LogP contribution in [0.3, 0.4) is 0 Å². The smallest absolute Gasteiger partial charge is 0.230 e. The van der Waals surface area contributed by atoms with Crippen LogP contribution in [0.1, 0.15) is 12.8 Å². The minimum Gasteiger partial charge on any atom is -0.371 e. The van der Waals surface area contributed by atoms with Crippen LogP contribution in [-0.4, -0.2) is 36.5 Å². The van der Waals surface area contributed by atoms with Gasteiger partial charge in [-0.15, -0.1) is 0 Å². The highest BCUT2D eigenvalue weighted by Gasteiger charge is 2.53. The first-order valence-corrected chi connectivity index (χ1v) is 7.46. The second-order valence-corrected chi connectivity index (χ2v) is 6.02.